The van der Waals surface area contributed by atoms with E-state index in [2.05, 4.69) is 13.8 Å². The Morgan fingerprint density at radius 1 is 0.773 bits per heavy atom. The molecule has 0 heterocycles. The van der Waals surface area contributed by atoms with Gasteiger partial charge in [0.25, 0.3) is 0 Å². The summed E-state index contributed by atoms with van der Waals surface area (Å²) < 4.78 is 40.6. The summed E-state index contributed by atoms with van der Waals surface area (Å²) in [7, 11) is 3.66. The number of hydrogen-bond donors (Lipinski definition) is 0. The average Bonchev–Trinajstić information content (AvgIpc) is 2.40. The van der Waals surface area contributed by atoms with Crippen LogP contribution in [0.5, 0.6) is 0 Å². The third-order valence-electron chi connectivity index (χ3n) is 5.90. The Morgan fingerprint density at radius 3 is 1.59 bits per heavy atom. The Hall–Kier alpha value is -0.0801. The Labute approximate surface area is 137 Å². The highest BCUT2D eigenvalue weighted by atomic mass is 19.4. The fraction of sp³-hybridized carbons (Fsp3) is 1.00. The van der Waals surface area contributed by atoms with Crippen LogP contribution in [0, 0.1) is 11.3 Å². The fourth-order valence-corrected chi connectivity index (χ4v) is 3.20. The monoisotopic (exact) mass is 318 g/mol. The first-order valence-corrected chi connectivity index (χ1v) is 9.09. The van der Waals surface area contributed by atoms with E-state index in [4.69, 9.17) is 0 Å². The molecule has 0 fully saturated rings. The lowest BCUT2D eigenvalue weighted by Gasteiger charge is -2.48. The van der Waals surface area contributed by atoms with Gasteiger partial charge in [0.2, 0.25) is 0 Å². The second-order valence-electron chi connectivity index (χ2n) is 7.89. The van der Waals surface area contributed by atoms with E-state index in [1.807, 2.05) is 15.7 Å². The summed E-state index contributed by atoms with van der Waals surface area (Å²) in [6, 6.07) is 0. The molecule has 0 radical (unpaired) electrons. The Kier molecular flexibility index (Phi) is 9.24. The highest BCUT2D eigenvalue weighted by molar-refractivity contribution is 6.40. The van der Waals surface area contributed by atoms with Gasteiger partial charge in [-0.2, -0.15) is 13.2 Å². The van der Waals surface area contributed by atoms with Gasteiger partial charge in [-0.15, -0.1) is 0 Å². The summed E-state index contributed by atoms with van der Waals surface area (Å²) in [5, 5.41) is -0.731. The lowest BCUT2D eigenvalue weighted by Crippen LogP contribution is -2.48. The predicted octanol–water partition coefficient (Wildman–Crippen LogP) is 5.12. The van der Waals surface area contributed by atoms with Crippen LogP contribution in [0.15, 0.2) is 0 Å². The maximum atomic E-state index is 13.5. The minimum absolute atomic E-state index is 0.146. The molecule has 0 N–H and O–H groups in total. The lowest BCUT2D eigenvalue weighted by atomic mass is 9.37. The first-order valence-electron chi connectivity index (χ1n) is 9.09. The first kappa shape index (κ1) is 21.9. The Morgan fingerprint density at radius 2 is 1.18 bits per heavy atom. The first-order chi connectivity index (χ1) is 10.0. The zero-order valence-electron chi connectivity index (χ0n) is 15.6. The lowest BCUT2D eigenvalue weighted by molar-refractivity contribution is -0.222. The smallest absolute Gasteiger partial charge is 0.171 e. The number of rotatable bonds is 11. The molecule has 22 heavy (non-hydrogen) atoms. The summed E-state index contributed by atoms with van der Waals surface area (Å²) in [5.41, 5.74) is -1.65. The molecular weight excluding hydrogens is 283 g/mol. The summed E-state index contributed by atoms with van der Waals surface area (Å²) >= 11 is 0. The normalized spacial score (nSPS) is 15.0. The fourth-order valence-electron chi connectivity index (χ4n) is 3.20. The molecule has 0 aromatic rings. The van der Waals surface area contributed by atoms with Gasteiger partial charge in [0.05, 0.1) is 5.41 Å². The Balaban J connectivity index is 5.01. The zero-order chi connectivity index (χ0) is 17.4. The third-order valence-corrected chi connectivity index (χ3v) is 5.90. The highest BCUT2D eigenvalue weighted by Crippen LogP contribution is 2.57. The van der Waals surface area contributed by atoms with Crippen LogP contribution in [0.3, 0.4) is 0 Å². The molecule has 0 nitrogen and oxygen atoms in total. The van der Waals surface area contributed by atoms with Crippen molar-refractivity contribution in [3.8, 4) is 0 Å². The van der Waals surface area contributed by atoms with Gasteiger partial charge in [0.15, 0.2) is 0 Å². The summed E-state index contributed by atoms with van der Waals surface area (Å²) in [4.78, 5) is 0. The van der Waals surface area contributed by atoms with Gasteiger partial charge in [-0.25, -0.2) is 0 Å². The van der Waals surface area contributed by atoms with E-state index in [9.17, 15) is 13.2 Å². The molecular formula is C17H35B2F3. The average molecular weight is 318 g/mol. The molecule has 0 aliphatic heterocycles. The quantitative estimate of drug-likeness (QED) is 0.366. The molecule has 0 saturated carbocycles. The van der Waals surface area contributed by atoms with Crippen LogP contribution in [-0.4, -0.2) is 21.9 Å². The summed E-state index contributed by atoms with van der Waals surface area (Å²) in [6.07, 6.45) is 5.53. The molecule has 0 rings (SSSR count). The van der Waals surface area contributed by atoms with Crippen LogP contribution < -0.4 is 0 Å². The summed E-state index contributed by atoms with van der Waals surface area (Å²) in [6.45, 7) is 7.06. The van der Waals surface area contributed by atoms with Crippen molar-refractivity contribution in [1.82, 2.24) is 0 Å². The van der Waals surface area contributed by atoms with E-state index in [1.165, 1.54) is 20.3 Å². The van der Waals surface area contributed by atoms with E-state index in [1.54, 1.807) is 0 Å². The second kappa shape index (κ2) is 9.27. The van der Waals surface area contributed by atoms with E-state index in [-0.39, 0.29) is 5.92 Å². The second-order valence-corrected chi connectivity index (χ2v) is 7.89. The Bertz CT molecular complexity index is 299. The third kappa shape index (κ3) is 5.85. The number of unbranched alkanes of at least 4 members (excludes halogenated alkanes) is 5. The van der Waals surface area contributed by atoms with Gasteiger partial charge in [0.1, 0.15) is 15.7 Å². The van der Waals surface area contributed by atoms with Crippen LogP contribution in [0.1, 0.15) is 85.5 Å². The van der Waals surface area contributed by atoms with E-state index in [0.29, 0.717) is 0 Å². The van der Waals surface area contributed by atoms with Crippen molar-refractivity contribution >= 4 is 15.7 Å². The molecule has 0 aliphatic rings. The van der Waals surface area contributed by atoms with Gasteiger partial charge >= 0.3 is 6.18 Å². The minimum Gasteiger partial charge on any atom is -0.171 e. The van der Waals surface area contributed by atoms with Gasteiger partial charge in [-0.1, -0.05) is 90.7 Å². The van der Waals surface area contributed by atoms with Crippen LogP contribution in [-0.2, 0) is 0 Å². The van der Waals surface area contributed by atoms with Crippen molar-refractivity contribution in [3.63, 3.8) is 0 Å². The molecule has 0 amide bonds. The minimum atomic E-state index is -4.15. The predicted molar refractivity (Wildman–Crippen MR) is 96.0 cm³/mol. The van der Waals surface area contributed by atoms with Crippen molar-refractivity contribution in [3.05, 3.63) is 0 Å². The molecule has 0 spiro atoms. The number of halogens is 3. The van der Waals surface area contributed by atoms with Crippen LogP contribution in [0.2, 0.25) is 5.21 Å². The molecule has 0 saturated heterocycles. The van der Waals surface area contributed by atoms with Crippen molar-refractivity contribution in [2.45, 2.75) is 96.9 Å². The topological polar surface area (TPSA) is 0 Å². The van der Waals surface area contributed by atoms with Gasteiger partial charge in [-0.3, -0.25) is 0 Å². The number of hydrogen-bond acceptors (Lipinski definition) is 0. The molecule has 1 atom stereocenters. The van der Waals surface area contributed by atoms with Crippen LogP contribution in [0.4, 0.5) is 13.2 Å². The van der Waals surface area contributed by atoms with E-state index in [0.717, 1.165) is 51.4 Å². The zero-order valence-corrected chi connectivity index (χ0v) is 15.6. The summed E-state index contributed by atoms with van der Waals surface area (Å²) in [5.74, 6) is 0.146. The maximum absolute atomic E-state index is 13.5. The van der Waals surface area contributed by atoms with Gasteiger partial charge in [-0.05, 0) is 5.92 Å². The van der Waals surface area contributed by atoms with Crippen molar-refractivity contribution in [1.29, 1.82) is 0 Å². The molecule has 1 unspecified atom stereocenters. The van der Waals surface area contributed by atoms with E-state index >= 15 is 0 Å². The molecule has 5 heteroatoms. The molecule has 0 aromatic carbocycles. The van der Waals surface area contributed by atoms with Gasteiger partial charge in [0, 0.05) is 0 Å². The van der Waals surface area contributed by atoms with Crippen molar-refractivity contribution in [2.75, 3.05) is 0 Å². The standard InChI is InChI=1S/C17H35B2F3/c1-5-7-9-11-13-14(12-10-8-6-2)16(18,19)15(3,4)17(20,21)22/h14H,5-13,18-19H2,1-4H3. The molecule has 130 valence electrons. The molecule has 0 aromatic heterocycles. The number of alkyl halides is 3. The van der Waals surface area contributed by atoms with Crippen LogP contribution >= 0.6 is 0 Å². The highest BCUT2D eigenvalue weighted by Gasteiger charge is 2.57. The maximum Gasteiger partial charge on any atom is 0.393 e. The molecule has 0 bridgehead atoms. The largest absolute Gasteiger partial charge is 0.393 e. The molecule has 0 aliphatic carbocycles. The SMILES string of the molecule is BC(B)(C(CCCCC)CCCCCC)C(C)(C)C(F)(F)F. The van der Waals surface area contributed by atoms with Gasteiger partial charge < -0.3 is 0 Å². The van der Waals surface area contributed by atoms with Crippen molar-refractivity contribution in [2.24, 2.45) is 11.3 Å². The van der Waals surface area contributed by atoms with Crippen LogP contribution in [0.25, 0.3) is 0 Å². The van der Waals surface area contributed by atoms with Crippen molar-refractivity contribution < 1.29 is 13.2 Å². The van der Waals surface area contributed by atoms with E-state index < -0.39 is 16.8 Å².